The topological polar surface area (TPSA) is 576 Å². The summed E-state index contributed by atoms with van der Waals surface area (Å²) in [5.41, 5.74) is -2.63. The van der Waals surface area contributed by atoms with Gasteiger partial charge < -0.3 is 160 Å². The van der Waals surface area contributed by atoms with Gasteiger partial charge in [0, 0.05) is 52.1 Å². The molecule has 33 heteroatoms. The van der Waals surface area contributed by atoms with E-state index in [0.29, 0.717) is 31.3 Å². The van der Waals surface area contributed by atoms with E-state index in [1.165, 1.54) is 0 Å². The summed E-state index contributed by atoms with van der Waals surface area (Å²) in [6.07, 6.45) is -40.7. The number of carbonyl (C=O) groups is 1. The van der Waals surface area contributed by atoms with E-state index >= 15 is 4.79 Å². The zero-order chi connectivity index (χ0) is 66.8. The molecule has 2 heterocycles. The number of rotatable bonds is 30. The Hall–Kier alpha value is -4.35. The fraction of sp³-hybridized carbons (Fsp3) is 0.804. The van der Waals surface area contributed by atoms with Crippen molar-refractivity contribution in [1.82, 2.24) is 0 Å². The van der Waals surface area contributed by atoms with Gasteiger partial charge in [-0.1, -0.05) is 26.8 Å². The number of fused-ring (bicyclic) bond motifs is 3. The summed E-state index contributed by atoms with van der Waals surface area (Å²) in [6.45, 7) is 4.76. The second-order valence-corrected chi connectivity index (χ2v) is 23.9. The maximum Gasteiger partial charge on any atom is 0.314 e. The molecule has 2 saturated heterocycles. The van der Waals surface area contributed by atoms with Crippen molar-refractivity contribution in [2.24, 2.45) is 28.1 Å². The normalized spacial score (nSPS) is 36.5. The molecule has 5 fully saturated rings. The van der Waals surface area contributed by atoms with Gasteiger partial charge in [-0.3, -0.25) is 4.79 Å². The molecule has 0 aromatic heterocycles. The molecule has 514 valence electrons. The monoisotopic (exact) mass is 1290 g/mol. The summed E-state index contributed by atoms with van der Waals surface area (Å²) in [7, 11) is 0. The van der Waals surface area contributed by atoms with Crippen molar-refractivity contribution in [3.05, 3.63) is 58.2 Å². The Bertz CT molecular complexity index is 2440. The van der Waals surface area contributed by atoms with Gasteiger partial charge in [0.15, 0.2) is 28.8 Å². The molecule has 0 radical (unpaired) electrons. The van der Waals surface area contributed by atoms with Gasteiger partial charge in [0.2, 0.25) is 36.1 Å². The lowest BCUT2D eigenvalue weighted by Crippen LogP contribution is -2.59. The van der Waals surface area contributed by atoms with Crippen LogP contribution in [0.1, 0.15) is 97.8 Å². The molecular weight excluding hydrogens is 1200 g/mol. The highest BCUT2D eigenvalue weighted by Crippen LogP contribution is 2.67. The molecule has 33 nitrogen and oxygen atoms in total. The maximum atomic E-state index is 15.0. The van der Waals surface area contributed by atoms with Gasteiger partial charge in [0.05, 0.1) is 24.7 Å². The van der Waals surface area contributed by atoms with Crippen LogP contribution >= 0.6 is 0 Å². The Kier molecular flexibility index (Phi) is 27.5. The van der Waals surface area contributed by atoms with Gasteiger partial charge in [-0.05, 0) is 80.1 Å². The molecule has 2 aliphatic heterocycles. The fourth-order valence-electron chi connectivity index (χ4n) is 13.0. The van der Waals surface area contributed by atoms with Crippen LogP contribution in [0.15, 0.2) is 58.2 Å². The van der Waals surface area contributed by atoms with Crippen molar-refractivity contribution >= 4 is 5.97 Å². The van der Waals surface area contributed by atoms with Gasteiger partial charge in [0.1, 0.15) is 73.2 Å². The minimum Gasteiger partial charge on any atom is -0.506 e. The van der Waals surface area contributed by atoms with Crippen LogP contribution in [0.2, 0.25) is 0 Å². The molecule has 5 rings (SSSR count). The van der Waals surface area contributed by atoms with Gasteiger partial charge in [-0.2, -0.15) is 0 Å². The summed E-state index contributed by atoms with van der Waals surface area (Å²) in [6, 6.07) is 0. The Morgan fingerprint density at radius 2 is 0.955 bits per heavy atom. The van der Waals surface area contributed by atoms with E-state index in [1.54, 1.807) is 6.92 Å². The number of esters is 1. The Labute approximate surface area is 510 Å². The summed E-state index contributed by atoms with van der Waals surface area (Å²) >= 11 is 0. The molecule has 0 aromatic rings. The third kappa shape index (κ3) is 16.9. The highest BCUT2D eigenvalue weighted by atomic mass is 16.7. The van der Waals surface area contributed by atoms with Crippen molar-refractivity contribution in [2.45, 2.75) is 215 Å². The number of hydrogen-bond acceptors (Lipinski definition) is 33. The quantitative estimate of drug-likeness (QED) is 0.0138. The van der Waals surface area contributed by atoms with Crippen molar-refractivity contribution < 1.29 is 165 Å². The average Bonchev–Trinajstić information content (AvgIpc) is 1.58. The Morgan fingerprint density at radius 1 is 0.506 bits per heavy atom. The van der Waals surface area contributed by atoms with Crippen LogP contribution < -0.4 is 0 Å². The maximum absolute atomic E-state index is 15.0. The van der Waals surface area contributed by atoms with E-state index < -0.39 is 257 Å². The minimum absolute atomic E-state index is 0.0205. The molecule has 0 amide bonds. The smallest absolute Gasteiger partial charge is 0.314 e. The summed E-state index contributed by atoms with van der Waals surface area (Å²) < 4.78 is 45.2. The Morgan fingerprint density at radius 3 is 1.43 bits per heavy atom. The highest BCUT2D eigenvalue weighted by Gasteiger charge is 2.63. The van der Waals surface area contributed by atoms with E-state index in [2.05, 4.69) is 6.58 Å². The van der Waals surface area contributed by atoms with Crippen LogP contribution in [-0.4, -0.2) is 285 Å². The van der Waals surface area contributed by atoms with Crippen LogP contribution in [0, 0.1) is 28.1 Å². The second kappa shape index (κ2) is 32.5. The zero-order valence-corrected chi connectivity index (χ0v) is 49.5. The number of ether oxygens (including phenoxy) is 8. The van der Waals surface area contributed by atoms with Gasteiger partial charge in [-0.25, -0.2) is 0 Å². The van der Waals surface area contributed by atoms with Crippen molar-refractivity contribution in [2.75, 3.05) is 39.6 Å². The third-order valence-electron chi connectivity index (χ3n) is 17.8. The van der Waals surface area contributed by atoms with Crippen LogP contribution in [0.5, 0.6) is 0 Å². The van der Waals surface area contributed by atoms with Gasteiger partial charge >= 0.3 is 5.97 Å². The van der Waals surface area contributed by atoms with Crippen molar-refractivity contribution in [3.8, 4) is 0 Å². The highest BCUT2D eigenvalue weighted by molar-refractivity contribution is 5.77. The standard InChI is InChI=1S/C56H92O33/c1-23-20-54(2)15-8-32-55(3,31(54)7-6-28(23)82-49(79)45(86-48(78)40(74)34(68)25(64)10-17-58)44(27(66)12-19-60)87-51-41(75)37(71)35(69)29(21-61)83-51)13-5-14-56(32,4)53(81)89-50(80)46(88-52-42(76)38(72)36(70)30(22-62)84-52)43(26(65)11-18-59)85-47(77)39(73)33(67)24(63)9-16-57/h24-32,35-38,41-42,47-52,57-80H,1,5-22H2,2-4H3/b39-33-,40-34-,45-44+,46-43-/t24?,25?,26?,27?,28?,29?,30?,31-,32?,35?,36?,37?,38?,41?,42?,47?,48?,49?,50?,51?,52?,54-,55+,56-/m1/s1. The lowest BCUT2D eigenvalue weighted by Gasteiger charge is -2.62. The molecule has 3 saturated carbocycles. The van der Waals surface area contributed by atoms with Crippen LogP contribution in [0.3, 0.4) is 0 Å². The molecule has 3 aliphatic carbocycles. The summed E-state index contributed by atoms with van der Waals surface area (Å²) in [5, 5.41) is 254. The molecule has 24 atom stereocenters. The molecular formula is C56H92O33. The fourth-order valence-corrected chi connectivity index (χ4v) is 13.0. The summed E-state index contributed by atoms with van der Waals surface area (Å²) in [5.74, 6) is -12.2. The van der Waals surface area contributed by atoms with Crippen molar-refractivity contribution in [1.29, 1.82) is 0 Å². The first kappa shape index (κ1) is 75.4. The van der Waals surface area contributed by atoms with Gasteiger partial charge in [-0.15, -0.1) is 0 Å². The van der Waals surface area contributed by atoms with Crippen LogP contribution in [0.4, 0.5) is 0 Å². The van der Waals surface area contributed by atoms with Crippen LogP contribution in [0.25, 0.3) is 0 Å². The SMILES string of the molecule is C=C1C[C@@]2(C)CCC3[C@](C)(C(=O)OC(O)/C(OC4OC(CO)C(O)C(O)C4O)=C(/OC(O)/C(O)=C(/O)C(O)CCO)C(O)CCO)CCC[C@@]3(C)[C@@H]2CCC1OC(O)/C(OC(O)/C(O)=C(/O)C(O)CCO)=C(\OC1OC(CO)C(O)C(O)C1O)C(O)CCO. The number of aliphatic hydroxyl groups excluding tert-OH is 24. The first-order chi connectivity index (χ1) is 41.8. The third-order valence-corrected chi connectivity index (χ3v) is 17.8. The van der Waals surface area contributed by atoms with E-state index in [-0.39, 0.29) is 31.6 Å². The molecule has 0 spiro atoms. The van der Waals surface area contributed by atoms with Crippen LogP contribution in [-0.2, 0) is 42.7 Å². The predicted octanol–water partition coefficient (Wildman–Crippen LogP) is -5.12. The largest absolute Gasteiger partial charge is 0.506 e. The molecule has 24 N–H and O–H groups in total. The van der Waals surface area contributed by atoms with E-state index in [4.69, 9.17) is 37.9 Å². The molecule has 0 bridgehead atoms. The minimum atomic E-state index is -2.78. The zero-order valence-electron chi connectivity index (χ0n) is 49.5. The van der Waals surface area contributed by atoms with Gasteiger partial charge in [0.25, 0.3) is 18.9 Å². The molecule has 5 aliphatic rings. The summed E-state index contributed by atoms with van der Waals surface area (Å²) in [4.78, 5) is 15.0. The Balaban J connectivity index is 1.52. The van der Waals surface area contributed by atoms with E-state index in [1.807, 2.05) is 13.8 Å². The first-order valence-electron chi connectivity index (χ1n) is 29.2. The molecule has 89 heavy (non-hydrogen) atoms. The number of aliphatic hydroxyl groups is 24. The molecule has 20 unspecified atom stereocenters. The van der Waals surface area contributed by atoms with Crippen molar-refractivity contribution in [3.63, 3.8) is 0 Å². The van der Waals surface area contributed by atoms with E-state index in [0.717, 1.165) is 0 Å². The number of carbonyl (C=O) groups excluding carboxylic acids is 1. The predicted molar refractivity (Wildman–Crippen MR) is 294 cm³/mol. The first-order valence-corrected chi connectivity index (χ1v) is 29.2. The second-order valence-electron chi connectivity index (χ2n) is 23.9. The molecule has 0 aromatic carbocycles. The van der Waals surface area contributed by atoms with E-state index in [9.17, 15) is 123 Å². The lowest BCUT2D eigenvalue weighted by atomic mass is 9.42. The average molecular weight is 1290 g/mol. The number of hydrogen-bond donors (Lipinski definition) is 24. The lowest BCUT2D eigenvalue weighted by molar-refractivity contribution is -0.299.